The van der Waals surface area contributed by atoms with Crippen molar-refractivity contribution >= 4 is 22.5 Å². The van der Waals surface area contributed by atoms with E-state index in [1.165, 1.54) is 12.1 Å². The second kappa shape index (κ2) is 5.26. The highest BCUT2D eigenvalue weighted by atomic mass is 35.5. The molecule has 0 aliphatic heterocycles. The number of rotatable bonds is 4. The number of benzene rings is 1. The zero-order valence-electron chi connectivity index (χ0n) is 10.3. The summed E-state index contributed by atoms with van der Waals surface area (Å²) in [5, 5.41) is 10.9. The van der Waals surface area contributed by atoms with Gasteiger partial charge in [-0.05, 0) is 25.1 Å². The molecule has 0 amide bonds. The lowest BCUT2D eigenvalue weighted by molar-refractivity contribution is 0.187. The molecule has 0 saturated carbocycles. The third-order valence-electron chi connectivity index (χ3n) is 2.94. The fourth-order valence-corrected chi connectivity index (χ4v) is 2.56. The molecule has 0 aliphatic rings. The Balaban J connectivity index is 2.66. The number of methoxy groups -OCH3 is 1. The maximum atomic E-state index is 13.3. The quantitative estimate of drug-likeness (QED) is 0.927. The van der Waals surface area contributed by atoms with Crippen LogP contribution in [0.3, 0.4) is 0 Å². The summed E-state index contributed by atoms with van der Waals surface area (Å²) in [5.41, 5.74) is 1.36. The monoisotopic (exact) mass is 271 g/mol. The van der Waals surface area contributed by atoms with E-state index in [0.717, 1.165) is 5.52 Å². The molecule has 0 saturated heterocycles. The van der Waals surface area contributed by atoms with Gasteiger partial charge in [-0.2, -0.15) is 0 Å². The third kappa shape index (κ3) is 2.23. The van der Waals surface area contributed by atoms with Gasteiger partial charge in [-0.3, -0.25) is 0 Å². The summed E-state index contributed by atoms with van der Waals surface area (Å²) in [4.78, 5) is 0. The van der Waals surface area contributed by atoms with Crippen LogP contribution in [0.4, 0.5) is 4.39 Å². The average molecular weight is 272 g/mol. The summed E-state index contributed by atoms with van der Waals surface area (Å²) < 4.78 is 20.2. The highest BCUT2D eigenvalue weighted by molar-refractivity contribution is 6.32. The number of fused-ring (bicyclic) bond motifs is 1. The van der Waals surface area contributed by atoms with Crippen molar-refractivity contribution in [2.45, 2.75) is 19.6 Å². The van der Waals surface area contributed by atoms with Crippen LogP contribution in [0.25, 0.3) is 10.9 Å². The van der Waals surface area contributed by atoms with Crippen molar-refractivity contribution in [3.05, 3.63) is 34.7 Å². The molecule has 0 aliphatic carbocycles. The minimum atomic E-state index is -0.745. The van der Waals surface area contributed by atoms with E-state index in [-0.39, 0.29) is 5.82 Å². The van der Waals surface area contributed by atoms with Crippen LogP contribution < -0.4 is 0 Å². The second-order valence-electron chi connectivity index (χ2n) is 4.19. The molecule has 1 atom stereocenters. The summed E-state index contributed by atoms with van der Waals surface area (Å²) in [5.74, 6) is -0.343. The Hall–Kier alpha value is -1.10. The van der Waals surface area contributed by atoms with E-state index in [0.29, 0.717) is 29.3 Å². The Morgan fingerprint density at radius 2 is 2.22 bits per heavy atom. The summed E-state index contributed by atoms with van der Waals surface area (Å²) in [6, 6.07) is 4.44. The van der Waals surface area contributed by atoms with Gasteiger partial charge in [-0.1, -0.05) is 11.6 Å². The van der Waals surface area contributed by atoms with E-state index < -0.39 is 6.10 Å². The second-order valence-corrected chi connectivity index (χ2v) is 4.54. The first-order valence-corrected chi connectivity index (χ1v) is 6.08. The molecule has 18 heavy (non-hydrogen) atoms. The number of aliphatic hydroxyl groups is 1. The molecule has 1 aromatic heterocycles. The average Bonchev–Trinajstić information content (AvgIpc) is 2.58. The lowest BCUT2D eigenvalue weighted by Gasteiger charge is -2.07. The zero-order chi connectivity index (χ0) is 13.3. The molecule has 0 fully saturated rings. The molecule has 0 radical (unpaired) electrons. The summed E-state index contributed by atoms with van der Waals surface area (Å²) in [6.45, 7) is 2.68. The Morgan fingerprint density at radius 3 is 2.83 bits per heavy atom. The van der Waals surface area contributed by atoms with Gasteiger partial charge < -0.3 is 14.4 Å². The highest BCUT2D eigenvalue weighted by Crippen LogP contribution is 2.34. The van der Waals surface area contributed by atoms with Gasteiger partial charge in [0.1, 0.15) is 11.0 Å². The largest absolute Gasteiger partial charge is 0.389 e. The van der Waals surface area contributed by atoms with Crippen molar-refractivity contribution in [1.82, 2.24) is 4.57 Å². The normalized spacial score (nSPS) is 13.2. The van der Waals surface area contributed by atoms with Crippen molar-refractivity contribution in [2.75, 3.05) is 13.7 Å². The first kappa shape index (κ1) is 13.3. The number of hydrogen-bond acceptors (Lipinski definition) is 2. The van der Waals surface area contributed by atoms with E-state index in [2.05, 4.69) is 0 Å². The molecule has 1 heterocycles. The van der Waals surface area contributed by atoms with Gasteiger partial charge in [-0.25, -0.2) is 4.39 Å². The lowest BCUT2D eigenvalue weighted by Crippen LogP contribution is -2.04. The third-order valence-corrected chi connectivity index (χ3v) is 3.34. The smallest absolute Gasteiger partial charge is 0.123 e. The Bertz CT molecular complexity index is 566. The van der Waals surface area contributed by atoms with Crippen molar-refractivity contribution < 1.29 is 14.2 Å². The summed E-state index contributed by atoms with van der Waals surface area (Å²) >= 11 is 6.26. The number of nitrogens with zero attached hydrogens (tertiary/aromatic N) is 1. The first-order valence-electron chi connectivity index (χ1n) is 5.70. The van der Waals surface area contributed by atoms with Gasteiger partial charge in [-0.15, -0.1) is 0 Å². The zero-order valence-corrected chi connectivity index (χ0v) is 11.0. The minimum absolute atomic E-state index is 0.343. The predicted octanol–water partition coefficient (Wildman–Crippen LogP) is 3.13. The molecule has 0 spiro atoms. The molecule has 98 valence electrons. The first-order chi connectivity index (χ1) is 8.56. The van der Waals surface area contributed by atoms with Crippen LogP contribution in [0.15, 0.2) is 18.2 Å². The van der Waals surface area contributed by atoms with Gasteiger partial charge in [0.05, 0.1) is 12.7 Å². The SMILES string of the molecule is COCCn1c(Cl)c(C(C)O)c2cc(F)ccc21. The number of aromatic nitrogens is 1. The van der Waals surface area contributed by atoms with Crippen LogP contribution in [-0.4, -0.2) is 23.4 Å². The van der Waals surface area contributed by atoms with Crippen LogP contribution in [-0.2, 0) is 11.3 Å². The van der Waals surface area contributed by atoms with Crippen molar-refractivity contribution in [3.8, 4) is 0 Å². The van der Waals surface area contributed by atoms with Gasteiger partial charge in [0.2, 0.25) is 0 Å². The molecular weight excluding hydrogens is 257 g/mol. The minimum Gasteiger partial charge on any atom is -0.389 e. The molecule has 2 rings (SSSR count). The standard InChI is InChI=1S/C13H15ClFNO2/c1-8(17)12-10-7-9(15)3-4-11(10)16(13(12)14)5-6-18-2/h3-4,7-8,17H,5-6H2,1-2H3. The van der Waals surface area contributed by atoms with E-state index in [1.807, 2.05) is 4.57 Å². The van der Waals surface area contributed by atoms with Crippen LogP contribution in [0.1, 0.15) is 18.6 Å². The Labute approximate surface area is 110 Å². The number of halogens is 2. The molecule has 1 N–H and O–H groups in total. The van der Waals surface area contributed by atoms with Gasteiger partial charge in [0, 0.05) is 30.1 Å². The predicted molar refractivity (Wildman–Crippen MR) is 69.4 cm³/mol. The number of ether oxygens (including phenoxy) is 1. The molecule has 3 nitrogen and oxygen atoms in total. The molecule has 0 bridgehead atoms. The molecule has 5 heteroatoms. The Kier molecular flexibility index (Phi) is 3.90. The molecular formula is C13H15ClFNO2. The molecule has 1 aromatic carbocycles. The highest BCUT2D eigenvalue weighted by Gasteiger charge is 2.19. The van der Waals surface area contributed by atoms with Crippen LogP contribution in [0.2, 0.25) is 5.15 Å². The van der Waals surface area contributed by atoms with E-state index in [9.17, 15) is 9.50 Å². The van der Waals surface area contributed by atoms with Gasteiger partial charge >= 0.3 is 0 Å². The lowest BCUT2D eigenvalue weighted by atomic mass is 10.1. The van der Waals surface area contributed by atoms with E-state index in [4.69, 9.17) is 16.3 Å². The topological polar surface area (TPSA) is 34.4 Å². The maximum Gasteiger partial charge on any atom is 0.123 e. The Morgan fingerprint density at radius 1 is 1.50 bits per heavy atom. The van der Waals surface area contributed by atoms with E-state index >= 15 is 0 Å². The van der Waals surface area contributed by atoms with Crippen LogP contribution in [0.5, 0.6) is 0 Å². The number of hydrogen-bond donors (Lipinski definition) is 1. The van der Waals surface area contributed by atoms with Crippen LogP contribution >= 0.6 is 11.6 Å². The van der Waals surface area contributed by atoms with Crippen LogP contribution in [0, 0.1) is 5.82 Å². The fraction of sp³-hybridized carbons (Fsp3) is 0.385. The van der Waals surface area contributed by atoms with Gasteiger partial charge in [0.25, 0.3) is 0 Å². The van der Waals surface area contributed by atoms with Crippen molar-refractivity contribution in [1.29, 1.82) is 0 Å². The van der Waals surface area contributed by atoms with Crippen molar-refractivity contribution in [3.63, 3.8) is 0 Å². The maximum absolute atomic E-state index is 13.3. The number of aliphatic hydroxyl groups excluding tert-OH is 1. The van der Waals surface area contributed by atoms with E-state index in [1.54, 1.807) is 20.1 Å². The summed E-state index contributed by atoms with van der Waals surface area (Å²) in [6.07, 6.45) is -0.745. The van der Waals surface area contributed by atoms with Crippen molar-refractivity contribution in [2.24, 2.45) is 0 Å². The molecule has 2 aromatic rings. The van der Waals surface area contributed by atoms with Gasteiger partial charge in [0.15, 0.2) is 0 Å². The summed E-state index contributed by atoms with van der Waals surface area (Å²) in [7, 11) is 1.61. The molecule has 1 unspecified atom stereocenters. The fourth-order valence-electron chi connectivity index (χ4n) is 2.12.